The Morgan fingerprint density at radius 1 is 1.39 bits per heavy atom. The van der Waals surface area contributed by atoms with Crippen LogP contribution in [0.1, 0.15) is 16.3 Å². The van der Waals surface area contributed by atoms with Gasteiger partial charge in [0, 0.05) is 62.5 Å². The minimum Gasteiger partial charge on any atom is -0.497 e. The highest BCUT2D eigenvalue weighted by molar-refractivity contribution is 14.0. The summed E-state index contributed by atoms with van der Waals surface area (Å²) in [6, 6.07) is 8.30. The lowest BCUT2D eigenvalue weighted by Gasteiger charge is -2.20. The fourth-order valence-corrected chi connectivity index (χ4v) is 4.09. The van der Waals surface area contributed by atoms with E-state index >= 15 is 0 Å². The molecule has 0 radical (unpaired) electrons. The molecule has 3 rings (SSSR count). The van der Waals surface area contributed by atoms with E-state index < -0.39 is 0 Å². The van der Waals surface area contributed by atoms with Gasteiger partial charge in [0.2, 0.25) is 0 Å². The first-order valence-electron chi connectivity index (χ1n) is 9.42. The van der Waals surface area contributed by atoms with Crippen LogP contribution in [0.25, 0.3) is 0 Å². The first-order chi connectivity index (χ1) is 13.2. The highest BCUT2D eigenvalue weighted by atomic mass is 127. The summed E-state index contributed by atoms with van der Waals surface area (Å²) in [7, 11) is 3.53. The Morgan fingerprint density at radius 3 is 2.96 bits per heavy atom. The van der Waals surface area contributed by atoms with Crippen LogP contribution in [0.15, 0.2) is 35.5 Å². The van der Waals surface area contributed by atoms with E-state index in [9.17, 15) is 0 Å². The highest BCUT2D eigenvalue weighted by Gasteiger charge is 2.23. The summed E-state index contributed by atoms with van der Waals surface area (Å²) in [6.45, 7) is 5.99. The van der Waals surface area contributed by atoms with Crippen LogP contribution in [-0.2, 0) is 6.42 Å². The third-order valence-electron chi connectivity index (χ3n) is 4.79. The molecule has 0 spiro atoms. The fourth-order valence-electron chi connectivity index (χ4n) is 3.31. The first kappa shape index (κ1) is 22.7. The van der Waals surface area contributed by atoms with Gasteiger partial charge in [-0.3, -0.25) is 4.99 Å². The number of guanidine groups is 1. The molecule has 6 nitrogen and oxygen atoms in total. The molecule has 2 heterocycles. The topological polar surface area (TPSA) is 61.8 Å². The van der Waals surface area contributed by atoms with Crippen LogP contribution in [0.4, 0.5) is 5.69 Å². The number of nitrogens with one attached hydrogen (secondary N) is 2. The van der Waals surface area contributed by atoms with Crippen molar-refractivity contribution in [1.82, 2.24) is 15.6 Å². The SMILES string of the molecule is CN=C(NCCc1ncc(C)s1)NCC1CCN(c2cccc(OC)c2)C1.I. The number of aryl methyl sites for hydroxylation is 1. The van der Waals surface area contributed by atoms with Crippen molar-refractivity contribution in [3.8, 4) is 5.75 Å². The number of hydrogen-bond donors (Lipinski definition) is 2. The van der Waals surface area contributed by atoms with Crippen LogP contribution >= 0.6 is 35.3 Å². The van der Waals surface area contributed by atoms with E-state index in [-0.39, 0.29) is 24.0 Å². The van der Waals surface area contributed by atoms with E-state index in [4.69, 9.17) is 4.74 Å². The van der Waals surface area contributed by atoms with E-state index in [1.165, 1.54) is 22.0 Å². The van der Waals surface area contributed by atoms with Crippen molar-refractivity contribution in [3.63, 3.8) is 0 Å². The van der Waals surface area contributed by atoms with Crippen molar-refractivity contribution < 1.29 is 4.74 Å². The average Bonchev–Trinajstić information content (AvgIpc) is 3.33. The second-order valence-corrected chi connectivity index (χ2v) is 8.12. The third-order valence-corrected chi connectivity index (χ3v) is 5.76. The van der Waals surface area contributed by atoms with Gasteiger partial charge in [-0.15, -0.1) is 35.3 Å². The number of methoxy groups -OCH3 is 1. The zero-order chi connectivity index (χ0) is 19.1. The predicted octanol–water partition coefficient (Wildman–Crippen LogP) is 3.31. The summed E-state index contributed by atoms with van der Waals surface area (Å²) in [5.41, 5.74) is 1.23. The van der Waals surface area contributed by atoms with Gasteiger partial charge in [0.25, 0.3) is 0 Å². The smallest absolute Gasteiger partial charge is 0.191 e. The molecule has 0 bridgehead atoms. The summed E-state index contributed by atoms with van der Waals surface area (Å²) in [4.78, 5) is 12.4. The Bertz CT molecular complexity index is 767. The molecular weight excluding hydrogens is 485 g/mol. The molecule has 1 unspecified atom stereocenters. The Hall–Kier alpha value is -1.55. The lowest BCUT2D eigenvalue weighted by Crippen LogP contribution is -2.41. The average molecular weight is 515 g/mol. The molecule has 1 aromatic carbocycles. The molecule has 2 aromatic rings. The standard InChI is InChI=1S/C20H29N5OS.HI/c1-15-12-23-19(27-15)7-9-22-20(21-2)24-13-16-8-10-25(14-16)17-5-4-6-18(11-17)26-3;/h4-6,11-12,16H,7-10,13-14H2,1-3H3,(H2,21,22,24);1H. The minimum atomic E-state index is 0. The molecule has 1 aromatic heterocycles. The van der Waals surface area contributed by atoms with E-state index in [0.717, 1.165) is 44.3 Å². The Labute approximate surface area is 188 Å². The van der Waals surface area contributed by atoms with Crippen molar-refractivity contribution >= 4 is 47.0 Å². The van der Waals surface area contributed by atoms with Crippen molar-refractivity contribution in [3.05, 3.63) is 40.3 Å². The number of aliphatic imine (C=N–C) groups is 1. The van der Waals surface area contributed by atoms with Gasteiger partial charge in [-0.25, -0.2) is 4.98 Å². The Morgan fingerprint density at radius 2 is 2.25 bits per heavy atom. The third kappa shape index (κ3) is 6.51. The molecule has 1 atom stereocenters. The highest BCUT2D eigenvalue weighted by Crippen LogP contribution is 2.26. The van der Waals surface area contributed by atoms with Crippen LogP contribution in [0.5, 0.6) is 5.75 Å². The molecular formula is C20H30IN5OS. The van der Waals surface area contributed by atoms with Crippen LogP contribution in [0, 0.1) is 12.8 Å². The summed E-state index contributed by atoms with van der Waals surface area (Å²) < 4.78 is 5.34. The van der Waals surface area contributed by atoms with Gasteiger partial charge in [0.15, 0.2) is 5.96 Å². The fraction of sp³-hybridized carbons (Fsp3) is 0.500. The van der Waals surface area contributed by atoms with Crippen molar-refractivity contribution in [2.45, 2.75) is 19.8 Å². The zero-order valence-electron chi connectivity index (χ0n) is 16.8. The second kappa shape index (κ2) is 11.5. The van der Waals surface area contributed by atoms with E-state index in [2.05, 4.69) is 50.6 Å². The maximum Gasteiger partial charge on any atom is 0.191 e. The number of halogens is 1. The molecule has 0 aliphatic carbocycles. The minimum absolute atomic E-state index is 0. The summed E-state index contributed by atoms with van der Waals surface area (Å²) in [6.07, 6.45) is 4.03. The van der Waals surface area contributed by atoms with Crippen molar-refractivity contribution in [2.75, 3.05) is 45.2 Å². The number of anilines is 1. The number of rotatable bonds is 7. The molecule has 8 heteroatoms. The molecule has 1 aliphatic rings. The first-order valence-corrected chi connectivity index (χ1v) is 10.2. The number of benzene rings is 1. The van der Waals surface area contributed by atoms with Crippen LogP contribution in [0.3, 0.4) is 0 Å². The molecule has 1 saturated heterocycles. The number of thiazole rings is 1. The molecule has 1 fully saturated rings. The summed E-state index contributed by atoms with van der Waals surface area (Å²) in [5, 5.41) is 8.02. The van der Waals surface area contributed by atoms with Gasteiger partial charge < -0.3 is 20.3 Å². The molecule has 2 N–H and O–H groups in total. The zero-order valence-corrected chi connectivity index (χ0v) is 19.9. The van der Waals surface area contributed by atoms with Crippen molar-refractivity contribution in [2.24, 2.45) is 10.9 Å². The van der Waals surface area contributed by atoms with Gasteiger partial charge in [-0.1, -0.05) is 6.07 Å². The number of hydrogen-bond acceptors (Lipinski definition) is 5. The predicted molar refractivity (Wildman–Crippen MR) is 129 cm³/mol. The van der Waals surface area contributed by atoms with Crippen LogP contribution in [-0.4, -0.2) is 51.3 Å². The quantitative estimate of drug-likeness (QED) is 0.337. The van der Waals surface area contributed by atoms with Gasteiger partial charge in [0.05, 0.1) is 12.1 Å². The maximum atomic E-state index is 5.34. The lowest BCUT2D eigenvalue weighted by molar-refractivity contribution is 0.415. The van der Waals surface area contributed by atoms with E-state index in [0.29, 0.717) is 5.92 Å². The summed E-state index contributed by atoms with van der Waals surface area (Å²) in [5.74, 6) is 2.38. The monoisotopic (exact) mass is 515 g/mol. The van der Waals surface area contributed by atoms with Gasteiger partial charge >= 0.3 is 0 Å². The number of aromatic nitrogens is 1. The summed E-state index contributed by atoms with van der Waals surface area (Å²) >= 11 is 1.76. The van der Waals surface area contributed by atoms with Crippen LogP contribution in [0.2, 0.25) is 0 Å². The van der Waals surface area contributed by atoms with Crippen LogP contribution < -0.4 is 20.3 Å². The normalized spacial score (nSPS) is 16.6. The Balaban J connectivity index is 0.00000280. The largest absolute Gasteiger partial charge is 0.497 e. The molecule has 0 amide bonds. The van der Waals surface area contributed by atoms with E-state index in [1.54, 1.807) is 18.4 Å². The van der Waals surface area contributed by atoms with Crippen molar-refractivity contribution in [1.29, 1.82) is 0 Å². The van der Waals surface area contributed by atoms with Gasteiger partial charge in [-0.05, 0) is 31.4 Å². The molecule has 1 aliphatic heterocycles. The number of ether oxygens (including phenoxy) is 1. The lowest BCUT2D eigenvalue weighted by atomic mass is 10.1. The van der Waals surface area contributed by atoms with Gasteiger partial charge in [0.1, 0.15) is 5.75 Å². The van der Waals surface area contributed by atoms with Gasteiger partial charge in [-0.2, -0.15) is 0 Å². The Kier molecular flexibility index (Phi) is 9.30. The molecule has 154 valence electrons. The molecule has 28 heavy (non-hydrogen) atoms. The molecule has 0 saturated carbocycles. The maximum absolute atomic E-state index is 5.34. The second-order valence-electron chi connectivity index (χ2n) is 6.80. The van der Waals surface area contributed by atoms with E-state index in [1.807, 2.05) is 19.3 Å². The number of nitrogens with zero attached hydrogens (tertiary/aromatic N) is 3.